The number of hydrogen-bond donors (Lipinski definition) is 1. The Labute approximate surface area is 206 Å². The van der Waals surface area contributed by atoms with Crippen LogP contribution in [-0.4, -0.2) is 37.2 Å². The van der Waals surface area contributed by atoms with Gasteiger partial charge in [0.05, 0.1) is 17.2 Å². The zero-order valence-electron chi connectivity index (χ0n) is 18.9. The fourth-order valence-electron chi connectivity index (χ4n) is 5.85. The van der Waals surface area contributed by atoms with Crippen LogP contribution in [0.3, 0.4) is 0 Å². The summed E-state index contributed by atoms with van der Waals surface area (Å²) < 4.78 is 5.61. The monoisotopic (exact) mass is 480 g/mol. The van der Waals surface area contributed by atoms with Gasteiger partial charge < -0.3 is 10.1 Å². The average Bonchev–Trinajstić information content (AvgIpc) is 2.87. The van der Waals surface area contributed by atoms with Gasteiger partial charge in [0.2, 0.25) is 0 Å². The number of nitrogens with one attached hydrogen (secondary N) is 1. The van der Waals surface area contributed by atoms with E-state index in [1.54, 1.807) is 7.11 Å². The van der Waals surface area contributed by atoms with Crippen molar-refractivity contribution in [3.05, 3.63) is 99.5 Å². The number of piperidine rings is 3. The quantitative estimate of drug-likeness (QED) is 0.424. The Kier molecular flexibility index (Phi) is 6.94. The molecule has 33 heavy (non-hydrogen) atoms. The second-order valence-electron chi connectivity index (χ2n) is 9.11. The molecule has 3 unspecified atom stereocenters. The minimum Gasteiger partial charge on any atom is -0.496 e. The van der Waals surface area contributed by atoms with Gasteiger partial charge in [-0.3, -0.25) is 4.90 Å². The number of fused-ring (bicyclic) bond motifs is 3. The van der Waals surface area contributed by atoms with Crippen LogP contribution in [0, 0.1) is 5.92 Å². The summed E-state index contributed by atoms with van der Waals surface area (Å²) in [6.45, 7) is 3.04. The van der Waals surface area contributed by atoms with Crippen molar-refractivity contribution in [1.82, 2.24) is 10.2 Å². The van der Waals surface area contributed by atoms with E-state index >= 15 is 0 Å². The maximum Gasteiger partial charge on any atom is 0.123 e. The molecule has 3 heterocycles. The lowest BCUT2D eigenvalue weighted by Crippen LogP contribution is -2.64. The van der Waals surface area contributed by atoms with E-state index in [0.29, 0.717) is 28.0 Å². The Bertz CT molecular complexity index is 1080. The smallest absolute Gasteiger partial charge is 0.123 e. The predicted octanol–water partition coefficient (Wildman–Crippen LogP) is 6.39. The van der Waals surface area contributed by atoms with Crippen molar-refractivity contribution in [2.24, 2.45) is 5.92 Å². The molecule has 2 bridgehead atoms. The zero-order chi connectivity index (χ0) is 22.8. The Balaban J connectivity index is 1.54. The van der Waals surface area contributed by atoms with E-state index in [4.69, 9.17) is 27.9 Å². The van der Waals surface area contributed by atoms with Gasteiger partial charge in [-0.2, -0.15) is 0 Å². The van der Waals surface area contributed by atoms with E-state index in [1.165, 1.54) is 24.0 Å². The normalized spacial score (nSPS) is 25.1. The molecule has 3 atom stereocenters. The lowest BCUT2D eigenvalue weighted by atomic mass is 9.70. The second-order valence-corrected chi connectivity index (χ2v) is 9.90. The molecule has 3 aromatic rings. The second kappa shape index (κ2) is 10.1. The fraction of sp³-hybridized carbons (Fsp3) is 0.357. The van der Waals surface area contributed by atoms with Crippen LogP contribution in [0.5, 0.6) is 5.75 Å². The molecule has 3 aromatic carbocycles. The van der Waals surface area contributed by atoms with Crippen LogP contribution in [-0.2, 0) is 6.54 Å². The van der Waals surface area contributed by atoms with Gasteiger partial charge >= 0.3 is 0 Å². The van der Waals surface area contributed by atoms with Crippen molar-refractivity contribution in [2.75, 3.05) is 20.2 Å². The SMILES string of the molecule is COc1ccccc1CNC1C2CCN(CC2)C1C(c1ccccc1)c1cccc(Cl)c1Cl. The molecule has 3 fully saturated rings. The highest BCUT2D eigenvalue weighted by Crippen LogP contribution is 2.45. The van der Waals surface area contributed by atoms with Gasteiger partial charge in [-0.1, -0.05) is 83.9 Å². The highest BCUT2D eigenvalue weighted by atomic mass is 35.5. The van der Waals surface area contributed by atoms with Crippen molar-refractivity contribution in [2.45, 2.75) is 37.4 Å². The number of rotatable bonds is 7. The van der Waals surface area contributed by atoms with Crippen molar-refractivity contribution < 1.29 is 4.74 Å². The van der Waals surface area contributed by atoms with Gasteiger partial charge in [-0.05, 0) is 55.1 Å². The minimum absolute atomic E-state index is 0.135. The standard InChI is InChI=1S/C28H30Cl2N2O/c1-33-24-13-6-5-10-21(24)18-31-27-20-14-16-32(17-15-20)28(27)25(19-8-3-2-4-9-19)22-11-7-12-23(29)26(22)30/h2-13,20,25,27-28,31H,14-18H2,1H3. The van der Waals surface area contributed by atoms with Crippen molar-refractivity contribution in [3.63, 3.8) is 0 Å². The van der Waals surface area contributed by atoms with E-state index < -0.39 is 0 Å². The molecule has 3 nitrogen and oxygen atoms in total. The fourth-order valence-corrected chi connectivity index (χ4v) is 6.27. The number of halogens is 2. The highest BCUT2D eigenvalue weighted by Gasteiger charge is 2.46. The number of methoxy groups -OCH3 is 1. The summed E-state index contributed by atoms with van der Waals surface area (Å²) >= 11 is 13.3. The molecule has 0 radical (unpaired) electrons. The molecule has 3 aliphatic rings. The summed E-state index contributed by atoms with van der Waals surface area (Å²) in [5.41, 5.74) is 3.58. The van der Waals surface area contributed by atoms with E-state index in [0.717, 1.165) is 30.9 Å². The molecule has 172 valence electrons. The molecule has 3 aliphatic heterocycles. The third kappa shape index (κ3) is 4.52. The summed E-state index contributed by atoms with van der Waals surface area (Å²) in [5.74, 6) is 1.70. The van der Waals surface area contributed by atoms with Gasteiger partial charge in [-0.25, -0.2) is 0 Å². The summed E-state index contributed by atoms with van der Waals surface area (Å²) in [6.07, 6.45) is 2.45. The lowest BCUT2D eigenvalue weighted by Gasteiger charge is -2.54. The van der Waals surface area contributed by atoms with Crippen LogP contribution in [0.25, 0.3) is 0 Å². The Hall–Kier alpha value is -2.04. The van der Waals surface area contributed by atoms with E-state index in [2.05, 4.69) is 58.7 Å². The van der Waals surface area contributed by atoms with Crippen LogP contribution < -0.4 is 10.1 Å². The third-order valence-corrected chi connectivity index (χ3v) is 8.24. The van der Waals surface area contributed by atoms with Crippen LogP contribution in [0.15, 0.2) is 72.8 Å². The number of hydrogen-bond acceptors (Lipinski definition) is 3. The Morgan fingerprint density at radius 3 is 2.42 bits per heavy atom. The Morgan fingerprint density at radius 1 is 0.939 bits per heavy atom. The molecule has 0 amide bonds. The molecule has 1 N–H and O–H groups in total. The number of ether oxygens (including phenoxy) is 1. The number of para-hydroxylation sites is 1. The van der Waals surface area contributed by atoms with Gasteiger partial charge in [0.25, 0.3) is 0 Å². The topological polar surface area (TPSA) is 24.5 Å². The first kappa shape index (κ1) is 22.7. The predicted molar refractivity (Wildman–Crippen MR) is 136 cm³/mol. The first-order chi connectivity index (χ1) is 16.2. The molecule has 0 saturated carbocycles. The first-order valence-corrected chi connectivity index (χ1v) is 12.5. The Morgan fingerprint density at radius 2 is 1.67 bits per heavy atom. The molecule has 0 aromatic heterocycles. The largest absolute Gasteiger partial charge is 0.496 e. The summed E-state index contributed by atoms with van der Waals surface area (Å²) in [4.78, 5) is 2.66. The van der Waals surface area contributed by atoms with Crippen molar-refractivity contribution >= 4 is 23.2 Å². The molecule has 0 aliphatic carbocycles. The van der Waals surface area contributed by atoms with Gasteiger partial charge in [0.15, 0.2) is 0 Å². The molecule has 0 spiro atoms. The maximum atomic E-state index is 6.83. The zero-order valence-corrected chi connectivity index (χ0v) is 20.4. The third-order valence-electron chi connectivity index (χ3n) is 7.41. The van der Waals surface area contributed by atoms with Crippen LogP contribution in [0.4, 0.5) is 0 Å². The molecular weight excluding hydrogens is 451 g/mol. The maximum absolute atomic E-state index is 6.83. The van der Waals surface area contributed by atoms with Crippen molar-refractivity contribution in [1.29, 1.82) is 0 Å². The molecular formula is C28H30Cl2N2O. The summed E-state index contributed by atoms with van der Waals surface area (Å²) in [6, 6.07) is 25.7. The van der Waals surface area contributed by atoms with Crippen molar-refractivity contribution in [3.8, 4) is 5.75 Å². The van der Waals surface area contributed by atoms with Crippen LogP contribution in [0.2, 0.25) is 10.0 Å². The molecule has 6 rings (SSSR count). The van der Waals surface area contributed by atoms with Gasteiger partial charge in [0, 0.05) is 30.1 Å². The van der Waals surface area contributed by atoms with E-state index in [9.17, 15) is 0 Å². The van der Waals surface area contributed by atoms with Crippen LogP contribution >= 0.6 is 23.2 Å². The van der Waals surface area contributed by atoms with E-state index in [1.807, 2.05) is 24.3 Å². The summed E-state index contributed by atoms with van der Waals surface area (Å²) in [7, 11) is 1.74. The molecule has 3 saturated heterocycles. The number of nitrogens with zero attached hydrogens (tertiary/aromatic N) is 1. The minimum atomic E-state index is 0.135. The first-order valence-electron chi connectivity index (χ1n) is 11.8. The summed E-state index contributed by atoms with van der Waals surface area (Å²) in [5, 5.41) is 5.23. The van der Waals surface area contributed by atoms with Crippen LogP contribution in [0.1, 0.15) is 35.4 Å². The molecule has 5 heteroatoms. The van der Waals surface area contributed by atoms with E-state index in [-0.39, 0.29) is 5.92 Å². The van der Waals surface area contributed by atoms with Gasteiger partial charge in [0.1, 0.15) is 5.75 Å². The highest BCUT2D eigenvalue weighted by molar-refractivity contribution is 6.42. The lowest BCUT2D eigenvalue weighted by molar-refractivity contribution is 0.00463. The number of benzene rings is 3. The average molecular weight is 481 g/mol. The van der Waals surface area contributed by atoms with Gasteiger partial charge in [-0.15, -0.1) is 0 Å².